The largest absolute Gasteiger partial charge is 0.216 e. The Labute approximate surface area is 112 Å². The summed E-state index contributed by atoms with van der Waals surface area (Å²) in [6.45, 7) is 2.34. The summed E-state index contributed by atoms with van der Waals surface area (Å²) >= 11 is 0. The molecule has 0 aliphatic heterocycles. The van der Waals surface area contributed by atoms with Crippen LogP contribution in [0.15, 0.2) is 12.4 Å². The Kier molecular flexibility index (Phi) is 5.72. The van der Waals surface area contributed by atoms with Crippen LogP contribution in [0.4, 0.5) is 4.39 Å². The summed E-state index contributed by atoms with van der Waals surface area (Å²) in [5, 5.41) is 0. The molecule has 0 spiro atoms. The highest BCUT2D eigenvalue weighted by Crippen LogP contribution is 2.42. The molecule has 0 aromatic heterocycles. The third kappa shape index (κ3) is 3.83. The van der Waals surface area contributed by atoms with Crippen molar-refractivity contribution >= 4 is 0 Å². The summed E-state index contributed by atoms with van der Waals surface area (Å²) in [4.78, 5) is 0. The van der Waals surface area contributed by atoms with E-state index in [0.29, 0.717) is 0 Å². The van der Waals surface area contributed by atoms with Crippen molar-refractivity contribution in [1.82, 2.24) is 0 Å². The van der Waals surface area contributed by atoms with Crippen molar-refractivity contribution in [3.63, 3.8) is 0 Å². The molecule has 0 saturated heterocycles. The third-order valence-corrected chi connectivity index (χ3v) is 5.59. The zero-order chi connectivity index (χ0) is 12.8. The van der Waals surface area contributed by atoms with Gasteiger partial charge < -0.3 is 0 Å². The second-order valence-electron chi connectivity index (χ2n) is 6.57. The lowest BCUT2D eigenvalue weighted by Gasteiger charge is -2.37. The summed E-state index contributed by atoms with van der Waals surface area (Å²) in [6, 6.07) is 0. The molecule has 2 fully saturated rings. The van der Waals surface area contributed by atoms with Gasteiger partial charge in [-0.15, -0.1) is 0 Å². The van der Waals surface area contributed by atoms with E-state index in [1.807, 2.05) is 0 Å². The molecule has 0 bridgehead atoms. The molecule has 0 radical (unpaired) electrons. The fourth-order valence-electron chi connectivity index (χ4n) is 4.21. The molecule has 18 heavy (non-hydrogen) atoms. The molecular weight excluding hydrogens is 223 g/mol. The van der Waals surface area contributed by atoms with E-state index in [0.717, 1.165) is 36.4 Å². The van der Waals surface area contributed by atoms with Crippen molar-refractivity contribution in [3.05, 3.63) is 12.4 Å². The predicted molar refractivity (Wildman–Crippen MR) is 76.1 cm³/mol. The molecule has 0 nitrogen and oxygen atoms in total. The number of rotatable bonds is 4. The summed E-state index contributed by atoms with van der Waals surface area (Å²) < 4.78 is 12.0. The zero-order valence-electron chi connectivity index (χ0n) is 11.9. The Morgan fingerprint density at radius 1 is 0.833 bits per heavy atom. The number of halogens is 1. The van der Waals surface area contributed by atoms with Gasteiger partial charge in [-0.2, -0.15) is 0 Å². The van der Waals surface area contributed by atoms with E-state index in [1.54, 1.807) is 6.08 Å². The molecule has 0 amide bonds. The molecule has 2 rings (SSSR count). The van der Waals surface area contributed by atoms with Crippen LogP contribution >= 0.6 is 0 Å². The molecule has 0 unspecified atom stereocenters. The Balaban J connectivity index is 1.70. The molecule has 2 aliphatic carbocycles. The number of hydrogen-bond acceptors (Lipinski definition) is 0. The van der Waals surface area contributed by atoms with Gasteiger partial charge in [-0.25, -0.2) is 4.39 Å². The standard InChI is InChI=1S/C17H29F/c1-2-14-5-9-16(10-6-14)17-11-7-15(8-12-17)4-3-13-18/h3,13-17H,2,4-12H2,1H3/b13-3+. The maximum atomic E-state index is 12.0. The van der Waals surface area contributed by atoms with Gasteiger partial charge in [0.2, 0.25) is 0 Å². The summed E-state index contributed by atoms with van der Waals surface area (Å²) in [7, 11) is 0. The van der Waals surface area contributed by atoms with Crippen LogP contribution in [0, 0.1) is 23.7 Å². The van der Waals surface area contributed by atoms with Crippen molar-refractivity contribution in [2.75, 3.05) is 0 Å². The van der Waals surface area contributed by atoms with Gasteiger partial charge in [0.05, 0.1) is 6.33 Å². The van der Waals surface area contributed by atoms with E-state index in [9.17, 15) is 4.39 Å². The topological polar surface area (TPSA) is 0 Å². The average Bonchev–Trinajstić information content (AvgIpc) is 2.46. The number of hydrogen-bond donors (Lipinski definition) is 0. The van der Waals surface area contributed by atoms with Crippen LogP contribution < -0.4 is 0 Å². The fraction of sp³-hybridized carbons (Fsp3) is 0.882. The maximum Gasteiger partial charge on any atom is 0.0827 e. The van der Waals surface area contributed by atoms with Crippen molar-refractivity contribution in [2.45, 2.75) is 71.1 Å². The van der Waals surface area contributed by atoms with Gasteiger partial charge in [0.15, 0.2) is 0 Å². The van der Waals surface area contributed by atoms with Gasteiger partial charge in [0.1, 0.15) is 0 Å². The summed E-state index contributed by atoms with van der Waals surface area (Å²) in [6.07, 6.45) is 16.2. The summed E-state index contributed by atoms with van der Waals surface area (Å²) in [5.41, 5.74) is 0. The van der Waals surface area contributed by atoms with Gasteiger partial charge in [-0.3, -0.25) is 0 Å². The van der Waals surface area contributed by atoms with E-state index < -0.39 is 0 Å². The quantitative estimate of drug-likeness (QED) is 0.586. The highest BCUT2D eigenvalue weighted by molar-refractivity contribution is 4.84. The average molecular weight is 252 g/mol. The Morgan fingerprint density at radius 3 is 1.78 bits per heavy atom. The lowest BCUT2D eigenvalue weighted by molar-refractivity contribution is 0.145. The number of allylic oxidation sites excluding steroid dienone is 1. The van der Waals surface area contributed by atoms with Gasteiger partial charge >= 0.3 is 0 Å². The highest BCUT2D eigenvalue weighted by Gasteiger charge is 2.29. The van der Waals surface area contributed by atoms with E-state index in [-0.39, 0.29) is 0 Å². The normalized spacial score (nSPS) is 38.1. The molecule has 104 valence electrons. The van der Waals surface area contributed by atoms with E-state index in [4.69, 9.17) is 0 Å². The predicted octanol–water partition coefficient (Wildman–Crippen LogP) is 5.88. The lowest BCUT2D eigenvalue weighted by Crippen LogP contribution is -2.25. The van der Waals surface area contributed by atoms with Gasteiger partial charge in [-0.05, 0) is 68.6 Å². The van der Waals surface area contributed by atoms with Crippen molar-refractivity contribution < 1.29 is 4.39 Å². The molecule has 0 N–H and O–H groups in total. The Bertz CT molecular complexity index is 242. The third-order valence-electron chi connectivity index (χ3n) is 5.59. The first-order chi connectivity index (χ1) is 8.83. The molecule has 2 aliphatic rings. The Morgan fingerprint density at radius 2 is 1.33 bits per heavy atom. The second-order valence-corrected chi connectivity index (χ2v) is 6.57. The lowest BCUT2D eigenvalue weighted by atomic mass is 9.68. The molecule has 0 aromatic rings. The van der Waals surface area contributed by atoms with Crippen LogP contribution in [-0.2, 0) is 0 Å². The Hall–Kier alpha value is -0.330. The SMILES string of the molecule is CCC1CCC(C2CCC(C/C=C/F)CC2)CC1. The van der Waals surface area contributed by atoms with E-state index in [2.05, 4.69) is 6.92 Å². The smallest absolute Gasteiger partial charge is 0.0827 e. The maximum absolute atomic E-state index is 12.0. The molecule has 0 atom stereocenters. The van der Waals surface area contributed by atoms with Gasteiger partial charge in [-0.1, -0.05) is 32.3 Å². The second kappa shape index (κ2) is 7.31. The zero-order valence-corrected chi connectivity index (χ0v) is 11.9. The summed E-state index contributed by atoms with van der Waals surface area (Å²) in [5.74, 6) is 3.80. The van der Waals surface area contributed by atoms with Crippen molar-refractivity contribution in [3.8, 4) is 0 Å². The van der Waals surface area contributed by atoms with Crippen LogP contribution in [0.1, 0.15) is 71.1 Å². The van der Waals surface area contributed by atoms with Crippen LogP contribution in [0.25, 0.3) is 0 Å². The van der Waals surface area contributed by atoms with E-state index in [1.165, 1.54) is 57.8 Å². The minimum atomic E-state index is 0.720. The first-order valence-corrected chi connectivity index (χ1v) is 8.08. The first-order valence-electron chi connectivity index (χ1n) is 8.08. The van der Waals surface area contributed by atoms with Gasteiger partial charge in [0, 0.05) is 0 Å². The van der Waals surface area contributed by atoms with Gasteiger partial charge in [0.25, 0.3) is 0 Å². The monoisotopic (exact) mass is 252 g/mol. The van der Waals surface area contributed by atoms with Crippen LogP contribution in [-0.4, -0.2) is 0 Å². The van der Waals surface area contributed by atoms with Crippen LogP contribution in [0.2, 0.25) is 0 Å². The minimum Gasteiger partial charge on any atom is -0.216 e. The van der Waals surface area contributed by atoms with Crippen molar-refractivity contribution in [2.24, 2.45) is 23.7 Å². The molecular formula is C17H29F. The molecule has 0 heterocycles. The van der Waals surface area contributed by atoms with Crippen molar-refractivity contribution in [1.29, 1.82) is 0 Å². The fourth-order valence-corrected chi connectivity index (χ4v) is 4.21. The molecule has 1 heteroatoms. The van der Waals surface area contributed by atoms with Crippen LogP contribution in [0.3, 0.4) is 0 Å². The minimum absolute atomic E-state index is 0.720. The first kappa shape index (κ1) is 14.1. The van der Waals surface area contributed by atoms with E-state index >= 15 is 0 Å². The highest BCUT2D eigenvalue weighted by atomic mass is 19.1. The molecule has 2 saturated carbocycles. The molecule has 0 aromatic carbocycles. The van der Waals surface area contributed by atoms with Crippen LogP contribution in [0.5, 0.6) is 0 Å².